The van der Waals surface area contributed by atoms with E-state index in [-0.39, 0.29) is 11.9 Å². The number of piperidine rings is 1. The number of para-hydroxylation sites is 1. The number of methoxy groups -OCH3 is 1. The molecule has 0 bridgehead atoms. The largest absolute Gasteiger partial charge is 0.489 e. The number of hydrogen-bond donors (Lipinski definition) is 0. The molecule has 0 aliphatic carbocycles. The molecule has 1 fully saturated rings. The Bertz CT molecular complexity index is 476. The molecule has 0 unspecified atom stereocenters. The van der Waals surface area contributed by atoms with Gasteiger partial charge in [-0.05, 0) is 31.5 Å². The van der Waals surface area contributed by atoms with Crippen LogP contribution in [-0.2, 0) is 9.53 Å². The Morgan fingerprint density at radius 3 is 2.76 bits per heavy atom. The van der Waals surface area contributed by atoms with Gasteiger partial charge in [-0.25, -0.2) is 0 Å². The first kappa shape index (κ1) is 16.4. The third-order valence-corrected chi connectivity index (χ3v) is 4.21. The Kier molecular flexibility index (Phi) is 6.15. The molecule has 2 rings (SSSR count). The normalized spacial score (nSPS) is 19.3. The molecule has 21 heavy (non-hydrogen) atoms. The lowest BCUT2D eigenvalue weighted by Gasteiger charge is -2.31. The van der Waals surface area contributed by atoms with Crippen LogP contribution in [0.1, 0.15) is 12.8 Å². The fraction of sp³-hybridized carbons (Fsp3) is 0.533. The maximum Gasteiger partial charge on any atom is 0.309 e. The molecule has 116 valence electrons. The average molecular weight is 332 g/mol. The second-order valence-corrected chi connectivity index (χ2v) is 5.88. The number of hydrogen-bond acceptors (Lipinski definition) is 4. The lowest BCUT2D eigenvalue weighted by atomic mass is 9.98. The van der Waals surface area contributed by atoms with Gasteiger partial charge in [0, 0.05) is 13.1 Å². The third kappa shape index (κ3) is 4.50. The molecule has 1 aromatic rings. The highest BCUT2D eigenvalue weighted by Crippen LogP contribution is 2.32. The van der Waals surface area contributed by atoms with Crippen molar-refractivity contribution < 1.29 is 14.3 Å². The number of ether oxygens (including phenoxy) is 2. The molecule has 1 aliphatic rings. The molecule has 6 heteroatoms. The van der Waals surface area contributed by atoms with E-state index in [1.165, 1.54) is 7.11 Å². The highest BCUT2D eigenvalue weighted by Gasteiger charge is 2.26. The summed E-state index contributed by atoms with van der Waals surface area (Å²) in [5, 5.41) is 1.02. The van der Waals surface area contributed by atoms with Gasteiger partial charge in [0.05, 0.1) is 23.1 Å². The summed E-state index contributed by atoms with van der Waals surface area (Å²) >= 11 is 12.1. The Morgan fingerprint density at radius 1 is 1.38 bits per heavy atom. The van der Waals surface area contributed by atoms with Crippen molar-refractivity contribution >= 4 is 29.2 Å². The number of likely N-dealkylation sites (tertiary alicyclic amines) is 1. The van der Waals surface area contributed by atoms with E-state index in [1.54, 1.807) is 18.2 Å². The van der Waals surface area contributed by atoms with Crippen LogP contribution in [0.25, 0.3) is 0 Å². The van der Waals surface area contributed by atoms with E-state index in [4.69, 9.17) is 32.7 Å². The molecule has 1 heterocycles. The van der Waals surface area contributed by atoms with Gasteiger partial charge in [0.1, 0.15) is 6.61 Å². The maximum atomic E-state index is 11.6. The van der Waals surface area contributed by atoms with Crippen LogP contribution in [0.3, 0.4) is 0 Å². The van der Waals surface area contributed by atoms with E-state index in [1.807, 2.05) is 0 Å². The zero-order chi connectivity index (χ0) is 15.2. The van der Waals surface area contributed by atoms with Crippen molar-refractivity contribution in [1.29, 1.82) is 0 Å². The summed E-state index contributed by atoms with van der Waals surface area (Å²) in [6, 6.07) is 5.27. The summed E-state index contributed by atoms with van der Waals surface area (Å²) in [5.41, 5.74) is 0. The zero-order valence-corrected chi connectivity index (χ0v) is 13.5. The first-order valence-electron chi connectivity index (χ1n) is 6.99. The minimum absolute atomic E-state index is 0.0346. The van der Waals surface area contributed by atoms with Crippen molar-refractivity contribution in [1.82, 2.24) is 4.90 Å². The highest BCUT2D eigenvalue weighted by molar-refractivity contribution is 6.37. The monoisotopic (exact) mass is 331 g/mol. The minimum Gasteiger partial charge on any atom is -0.489 e. The van der Waals surface area contributed by atoms with Gasteiger partial charge < -0.3 is 9.47 Å². The van der Waals surface area contributed by atoms with E-state index < -0.39 is 0 Å². The van der Waals surface area contributed by atoms with Gasteiger partial charge in [0.15, 0.2) is 5.75 Å². The predicted octanol–water partition coefficient (Wildman–Crippen LogP) is 3.26. The molecular weight excluding hydrogens is 313 g/mol. The lowest BCUT2D eigenvalue weighted by molar-refractivity contribution is -0.147. The lowest BCUT2D eigenvalue weighted by Crippen LogP contribution is -2.41. The molecule has 1 aromatic carbocycles. The molecule has 0 aromatic heterocycles. The van der Waals surface area contributed by atoms with Gasteiger partial charge in [-0.1, -0.05) is 29.3 Å². The fourth-order valence-electron chi connectivity index (χ4n) is 2.51. The molecule has 0 amide bonds. The van der Waals surface area contributed by atoms with Crippen molar-refractivity contribution in [3.05, 3.63) is 28.2 Å². The van der Waals surface area contributed by atoms with Crippen molar-refractivity contribution in [3.63, 3.8) is 0 Å². The number of carbonyl (C=O) groups excluding carboxylic acids is 1. The summed E-state index contributed by atoms with van der Waals surface area (Å²) in [4.78, 5) is 13.8. The van der Waals surface area contributed by atoms with Crippen molar-refractivity contribution in [3.8, 4) is 5.75 Å². The van der Waals surface area contributed by atoms with Crippen LogP contribution in [0.4, 0.5) is 0 Å². The van der Waals surface area contributed by atoms with Gasteiger partial charge in [0.2, 0.25) is 0 Å². The van der Waals surface area contributed by atoms with Gasteiger partial charge in [-0.3, -0.25) is 9.69 Å². The molecule has 1 atom stereocenters. The standard InChI is InChI=1S/C15H19Cl2NO3/c1-20-15(19)11-4-3-7-18(10-11)8-9-21-14-12(16)5-2-6-13(14)17/h2,5-6,11H,3-4,7-10H2,1H3/t11-/m0/s1. The average Bonchev–Trinajstić information content (AvgIpc) is 2.50. The third-order valence-electron chi connectivity index (χ3n) is 3.61. The van der Waals surface area contributed by atoms with Gasteiger partial charge in [-0.2, -0.15) is 0 Å². The molecule has 1 saturated heterocycles. The maximum absolute atomic E-state index is 11.6. The summed E-state index contributed by atoms with van der Waals surface area (Å²) < 4.78 is 10.5. The summed E-state index contributed by atoms with van der Waals surface area (Å²) in [5.74, 6) is 0.352. The van der Waals surface area contributed by atoms with E-state index in [0.29, 0.717) is 28.9 Å². The highest BCUT2D eigenvalue weighted by atomic mass is 35.5. The van der Waals surface area contributed by atoms with Crippen LogP contribution in [0, 0.1) is 5.92 Å². The second-order valence-electron chi connectivity index (χ2n) is 5.06. The number of esters is 1. The quantitative estimate of drug-likeness (QED) is 0.776. The fourth-order valence-corrected chi connectivity index (χ4v) is 3.02. The smallest absolute Gasteiger partial charge is 0.309 e. The van der Waals surface area contributed by atoms with Crippen LogP contribution >= 0.6 is 23.2 Å². The Morgan fingerprint density at radius 2 is 2.10 bits per heavy atom. The van der Waals surface area contributed by atoms with Crippen molar-refractivity contribution in [2.45, 2.75) is 12.8 Å². The van der Waals surface area contributed by atoms with E-state index in [2.05, 4.69) is 4.90 Å². The minimum atomic E-state index is -0.130. The first-order valence-corrected chi connectivity index (χ1v) is 7.74. The van der Waals surface area contributed by atoms with Crippen LogP contribution in [0.5, 0.6) is 5.75 Å². The summed E-state index contributed by atoms with van der Waals surface area (Å²) in [6.45, 7) is 2.89. The van der Waals surface area contributed by atoms with Crippen LogP contribution in [-0.4, -0.2) is 44.2 Å². The van der Waals surface area contributed by atoms with Crippen LogP contribution < -0.4 is 4.74 Å². The first-order chi connectivity index (χ1) is 10.1. The molecule has 0 spiro atoms. The Hall–Kier alpha value is -0.970. The topological polar surface area (TPSA) is 38.8 Å². The summed E-state index contributed by atoms with van der Waals surface area (Å²) in [7, 11) is 1.43. The van der Waals surface area contributed by atoms with E-state index in [9.17, 15) is 4.79 Å². The Labute approximate surface area is 134 Å². The van der Waals surface area contributed by atoms with E-state index >= 15 is 0 Å². The number of halogens is 2. The molecular formula is C15H19Cl2NO3. The SMILES string of the molecule is COC(=O)[C@H]1CCCN(CCOc2c(Cl)cccc2Cl)C1. The molecule has 0 saturated carbocycles. The van der Waals surface area contributed by atoms with Gasteiger partial charge >= 0.3 is 5.97 Å². The van der Waals surface area contributed by atoms with Crippen LogP contribution in [0.15, 0.2) is 18.2 Å². The molecule has 4 nitrogen and oxygen atoms in total. The predicted molar refractivity (Wildman–Crippen MR) is 83.1 cm³/mol. The molecule has 0 N–H and O–H groups in total. The zero-order valence-electron chi connectivity index (χ0n) is 12.0. The number of carbonyl (C=O) groups is 1. The van der Waals surface area contributed by atoms with E-state index in [0.717, 1.165) is 25.9 Å². The van der Waals surface area contributed by atoms with Crippen molar-refractivity contribution in [2.75, 3.05) is 33.4 Å². The van der Waals surface area contributed by atoms with Gasteiger partial charge in [-0.15, -0.1) is 0 Å². The number of benzene rings is 1. The van der Waals surface area contributed by atoms with Gasteiger partial charge in [0.25, 0.3) is 0 Å². The summed E-state index contributed by atoms with van der Waals surface area (Å²) in [6.07, 6.45) is 1.88. The van der Waals surface area contributed by atoms with Crippen molar-refractivity contribution in [2.24, 2.45) is 5.92 Å². The molecule has 0 radical (unpaired) electrons. The second kappa shape index (κ2) is 7.87. The van der Waals surface area contributed by atoms with Crippen LogP contribution in [0.2, 0.25) is 10.0 Å². The Balaban J connectivity index is 1.82. The number of rotatable bonds is 5. The molecule has 1 aliphatic heterocycles. The number of nitrogens with zero attached hydrogens (tertiary/aromatic N) is 1.